The number of hydrogen-bond acceptors (Lipinski definition) is 3. The molecule has 2 aromatic rings. The molecule has 112 valence electrons. The molecular weight excluding hydrogens is 268 g/mol. The largest absolute Gasteiger partial charge is 0.467 e. The van der Waals surface area contributed by atoms with E-state index in [1.54, 1.807) is 23.2 Å². The van der Waals surface area contributed by atoms with Crippen molar-refractivity contribution in [2.24, 2.45) is 7.05 Å². The molecule has 1 aliphatic heterocycles. The maximum atomic E-state index is 12.6. The van der Waals surface area contributed by atoms with Crippen LogP contribution in [-0.4, -0.2) is 27.3 Å². The van der Waals surface area contributed by atoms with Gasteiger partial charge in [-0.15, -0.1) is 0 Å². The van der Waals surface area contributed by atoms with E-state index in [0.29, 0.717) is 5.82 Å². The number of urea groups is 1. The monoisotopic (exact) mass is 288 g/mol. The van der Waals surface area contributed by atoms with Gasteiger partial charge in [0.2, 0.25) is 0 Å². The zero-order chi connectivity index (χ0) is 14.7. The second kappa shape index (κ2) is 6.03. The molecule has 0 saturated carbocycles. The molecule has 21 heavy (non-hydrogen) atoms. The number of carbonyl (C=O) groups is 1. The van der Waals surface area contributed by atoms with Gasteiger partial charge in [-0.25, -0.2) is 4.79 Å². The highest BCUT2D eigenvalue weighted by Gasteiger charge is 2.28. The molecule has 0 aliphatic carbocycles. The van der Waals surface area contributed by atoms with Gasteiger partial charge in [-0.05, 0) is 25.0 Å². The average Bonchev–Trinajstić information content (AvgIpc) is 3.07. The van der Waals surface area contributed by atoms with Gasteiger partial charge in [0.05, 0.1) is 18.5 Å². The maximum absolute atomic E-state index is 12.6. The molecule has 1 aliphatic rings. The van der Waals surface area contributed by atoms with Crippen LogP contribution in [0, 0.1) is 0 Å². The van der Waals surface area contributed by atoms with E-state index < -0.39 is 0 Å². The topological polar surface area (TPSA) is 63.3 Å². The minimum atomic E-state index is -0.0955. The molecule has 6 heteroatoms. The molecule has 0 spiro atoms. The van der Waals surface area contributed by atoms with Crippen molar-refractivity contribution >= 4 is 11.8 Å². The number of aromatic nitrogens is 2. The van der Waals surface area contributed by atoms with Crippen LogP contribution >= 0.6 is 0 Å². The molecule has 0 radical (unpaired) electrons. The van der Waals surface area contributed by atoms with Crippen molar-refractivity contribution < 1.29 is 9.21 Å². The fraction of sp³-hybridized carbons (Fsp3) is 0.467. The summed E-state index contributed by atoms with van der Waals surface area (Å²) in [4.78, 5) is 14.5. The van der Waals surface area contributed by atoms with Gasteiger partial charge in [-0.2, -0.15) is 5.10 Å². The van der Waals surface area contributed by atoms with E-state index in [0.717, 1.165) is 38.0 Å². The summed E-state index contributed by atoms with van der Waals surface area (Å²) in [6.45, 7) is 0.745. The molecule has 3 heterocycles. The van der Waals surface area contributed by atoms with Crippen molar-refractivity contribution in [2.75, 3.05) is 11.9 Å². The third-order valence-electron chi connectivity index (χ3n) is 3.94. The van der Waals surface area contributed by atoms with Crippen molar-refractivity contribution in [3.63, 3.8) is 0 Å². The van der Waals surface area contributed by atoms with E-state index in [9.17, 15) is 4.79 Å². The summed E-state index contributed by atoms with van der Waals surface area (Å²) in [5, 5.41) is 6.99. The van der Waals surface area contributed by atoms with Crippen LogP contribution in [0.4, 0.5) is 10.6 Å². The Kier molecular flexibility index (Phi) is 3.94. The number of likely N-dealkylation sites (tertiary alicyclic amines) is 1. The van der Waals surface area contributed by atoms with E-state index in [1.807, 2.05) is 24.1 Å². The number of hydrogen-bond donors (Lipinski definition) is 1. The Morgan fingerprint density at radius 3 is 3.00 bits per heavy atom. The molecular formula is C15H20N4O2. The minimum absolute atomic E-state index is 0.00993. The van der Waals surface area contributed by atoms with Crippen molar-refractivity contribution in [2.45, 2.75) is 31.7 Å². The highest BCUT2D eigenvalue weighted by atomic mass is 16.3. The van der Waals surface area contributed by atoms with Gasteiger partial charge in [-0.3, -0.25) is 10.00 Å². The zero-order valence-electron chi connectivity index (χ0n) is 12.2. The average molecular weight is 288 g/mol. The predicted octanol–water partition coefficient (Wildman–Crippen LogP) is 3.16. The molecule has 1 atom stereocenters. The Labute approximate surface area is 123 Å². The summed E-state index contributed by atoms with van der Waals surface area (Å²) in [6, 6.07) is 5.52. The van der Waals surface area contributed by atoms with Gasteiger partial charge in [0.15, 0.2) is 0 Å². The number of nitrogens with zero attached hydrogens (tertiary/aromatic N) is 3. The van der Waals surface area contributed by atoms with E-state index >= 15 is 0 Å². The van der Waals surface area contributed by atoms with Crippen LogP contribution in [0.3, 0.4) is 0 Å². The lowest BCUT2D eigenvalue weighted by atomic mass is 10.1. The molecule has 6 nitrogen and oxygen atoms in total. The molecule has 0 aromatic carbocycles. The standard InChI is InChI=1S/C15H20N4O2/c1-18-14(8-9-16-18)17-15(20)19-10-4-2-3-6-12(19)13-7-5-11-21-13/h5,7-9,11-12H,2-4,6,10H2,1H3,(H,17,20)/t12-/m0/s1. The Bertz CT molecular complexity index is 591. The molecule has 0 unspecified atom stereocenters. The van der Waals surface area contributed by atoms with E-state index in [4.69, 9.17) is 4.42 Å². The number of nitrogens with one attached hydrogen (secondary N) is 1. The first-order chi connectivity index (χ1) is 10.3. The third-order valence-corrected chi connectivity index (χ3v) is 3.94. The number of aryl methyl sites for hydroxylation is 1. The van der Waals surface area contributed by atoms with Crippen LogP contribution < -0.4 is 5.32 Å². The summed E-state index contributed by atoms with van der Waals surface area (Å²) < 4.78 is 7.18. The van der Waals surface area contributed by atoms with Gasteiger partial charge < -0.3 is 9.32 Å². The van der Waals surface area contributed by atoms with Crippen LogP contribution in [0.25, 0.3) is 0 Å². The third kappa shape index (κ3) is 2.94. The zero-order valence-corrected chi connectivity index (χ0v) is 12.2. The van der Waals surface area contributed by atoms with Crippen LogP contribution in [0.2, 0.25) is 0 Å². The second-order valence-electron chi connectivity index (χ2n) is 5.34. The minimum Gasteiger partial charge on any atom is -0.467 e. The Hall–Kier alpha value is -2.24. The summed E-state index contributed by atoms with van der Waals surface area (Å²) in [5.41, 5.74) is 0. The lowest BCUT2D eigenvalue weighted by molar-refractivity contribution is 0.179. The fourth-order valence-corrected chi connectivity index (χ4v) is 2.81. The first-order valence-corrected chi connectivity index (χ1v) is 7.35. The molecule has 1 N–H and O–H groups in total. The first-order valence-electron chi connectivity index (χ1n) is 7.35. The molecule has 2 aromatic heterocycles. The molecule has 1 fully saturated rings. The van der Waals surface area contributed by atoms with Crippen molar-refractivity contribution in [3.8, 4) is 0 Å². The van der Waals surface area contributed by atoms with Crippen LogP contribution in [-0.2, 0) is 7.05 Å². The quantitative estimate of drug-likeness (QED) is 0.923. The maximum Gasteiger partial charge on any atom is 0.323 e. The molecule has 0 bridgehead atoms. The van der Waals surface area contributed by atoms with E-state index in [-0.39, 0.29) is 12.1 Å². The second-order valence-corrected chi connectivity index (χ2v) is 5.34. The summed E-state index contributed by atoms with van der Waals surface area (Å²) in [6.07, 6.45) is 7.55. The van der Waals surface area contributed by atoms with E-state index in [1.165, 1.54) is 0 Å². The van der Waals surface area contributed by atoms with Crippen LogP contribution in [0.5, 0.6) is 0 Å². The number of anilines is 1. The predicted molar refractivity (Wildman–Crippen MR) is 78.8 cm³/mol. The van der Waals surface area contributed by atoms with Gasteiger partial charge in [-0.1, -0.05) is 12.8 Å². The number of carbonyl (C=O) groups excluding carboxylic acids is 1. The SMILES string of the molecule is Cn1nccc1NC(=O)N1CCCCC[C@H]1c1ccco1. The summed E-state index contributed by atoms with van der Waals surface area (Å²) in [5.74, 6) is 1.56. The summed E-state index contributed by atoms with van der Waals surface area (Å²) >= 11 is 0. The highest BCUT2D eigenvalue weighted by molar-refractivity contribution is 5.88. The Balaban J connectivity index is 1.79. The van der Waals surface area contributed by atoms with Crippen LogP contribution in [0.1, 0.15) is 37.5 Å². The van der Waals surface area contributed by atoms with Gasteiger partial charge >= 0.3 is 6.03 Å². The lowest BCUT2D eigenvalue weighted by Gasteiger charge is -2.28. The Morgan fingerprint density at radius 2 is 2.29 bits per heavy atom. The normalized spacial score (nSPS) is 19.3. The van der Waals surface area contributed by atoms with Crippen molar-refractivity contribution in [3.05, 3.63) is 36.4 Å². The fourth-order valence-electron chi connectivity index (χ4n) is 2.81. The highest BCUT2D eigenvalue weighted by Crippen LogP contribution is 2.30. The lowest BCUT2D eigenvalue weighted by Crippen LogP contribution is -2.38. The molecule has 3 rings (SSSR count). The Morgan fingerprint density at radius 1 is 1.38 bits per heavy atom. The molecule has 2 amide bonds. The first kappa shape index (κ1) is 13.7. The smallest absolute Gasteiger partial charge is 0.323 e. The number of furan rings is 1. The van der Waals surface area contributed by atoms with Gasteiger partial charge in [0.25, 0.3) is 0 Å². The van der Waals surface area contributed by atoms with Gasteiger partial charge in [0, 0.05) is 19.7 Å². The van der Waals surface area contributed by atoms with Crippen LogP contribution in [0.15, 0.2) is 35.1 Å². The number of amides is 2. The molecule has 1 saturated heterocycles. The van der Waals surface area contributed by atoms with Crippen molar-refractivity contribution in [1.29, 1.82) is 0 Å². The van der Waals surface area contributed by atoms with Gasteiger partial charge in [0.1, 0.15) is 11.6 Å². The van der Waals surface area contributed by atoms with Crippen molar-refractivity contribution in [1.82, 2.24) is 14.7 Å². The summed E-state index contributed by atoms with van der Waals surface area (Å²) in [7, 11) is 1.81. The number of rotatable bonds is 2. The van der Waals surface area contributed by atoms with E-state index in [2.05, 4.69) is 10.4 Å².